The van der Waals surface area contributed by atoms with Gasteiger partial charge >= 0.3 is 0 Å². The number of benzene rings is 1. The van der Waals surface area contributed by atoms with E-state index in [9.17, 15) is 13.6 Å². The summed E-state index contributed by atoms with van der Waals surface area (Å²) >= 11 is 0. The topological polar surface area (TPSA) is 79.8 Å². The molecule has 4 heterocycles. The Kier molecular flexibility index (Phi) is 6.10. The van der Waals surface area contributed by atoms with Crippen molar-refractivity contribution in [3.05, 3.63) is 77.6 Å². The highest BCUT2D eigenvalue weighted by Gasteiger charge is 2.50. The maximum Gasteiger partial charge on any atom is 0.266 e. The lowest BCUT2D eigenvalue weighted by molar-refractivity contribution is -0.129. The van der Waals surface area contributed by atoms with Crippen LogP contribution < -0.4 is 5.73 Å². The Morgan fingerprint density at radius 1 is 1.11 bits per heavy atom. The summed E-state index contributed by atoms with van der Waals surface area (Å²) in [6, 6.07) is 12.3. The molecule has 9 heteroatoms. The van der Waals surface area contributed by atoms with Crippen molar-refractivity contribution >= 4 is 11.9 Å². The highest BCUT2D eigenvalue weighted by atomic mass is 19.1. The summed E-state index contributed by atoms with van der Waals surface area (Å²) in [5.74, 6) is -0.824. The van der Waals surface area contributed by atoms with Gasteiger partial charge < -0.3 is 10.3 Å². The Morgan fingerprint density at radius 2 is 1.91 bits per heavy atom. The number of nitrogens with zero attached hydrogens (tertiary/aromatic N) is 5. The number of guanidine groups is 1. The van der Waals surface area contributed by atoms with E-state index in [0.29, 0.717) is 28.8 Å². The van der Waals surface area contributed by atoms with Crippen LogP contribution in [0.15, 0.2) is 59.9 Å². The van der Waals surface area contributed by atoms with Gasteiger partial charge in [0.15, 0.2) is 11.5 Å². The highest BCUT2D eigenvalue weighted by Crippen LogP contribution is 2.41. The van der Waals surface area contributed by atoms with Crippen molar-refractivity contribution in [2.75, 3.05) is 26.8 Å². The van der Waals surface area contributed by atoms with Gasteiger partial charge in [-0.25, -0.2) is 14.4 Å². The van der Waals surface area contributed by atoms with Crippen LogP contribution in [-0.4, -0.2) is 58.0 Å². The van der Waals surface area contributed by atoms with Crippen LogP contribution in [0.25, 0.3) is 11.1 Å². The molecule has 7 nitrogen and oxygen atoms in total. The number of rotatable bonds is 7. The van der Waals surface area contributed by atoms with E-state index in [4.69, 9.17) is 5.73 Å². The third kappa shape index (κ3) is 3.99. The molecule has 0 aliphatic carbocycles. The van der Waals surface area contributed by atoms with E-state index in [1.54, 1.807) is 49.6 Å². The van der Waals surface area contributed by atoms with Gasteiger partial charge in [-0.15, -0.1) is 0 Å². The molecular formula is C26H28F2N6O. The highest BCUT2D eigenvalue weighted by molar-refractivity contribution is 6.09. The van der Waals surface area contributed by atoms with Gasteiger partial charge in [-0.1, -0.05) is 18.2 Å². The molecular weight excluding hydrogens is 450 g/mol. The van der Waals surface area contributed by atoms with E-state index < -0.39 is 18.2 Å². The zero-order valence-electron chi connectivity index (χ0n) is 19.6. The first-order valence-corrected chi connectivity index (χ1v) is 11.8. The van der Waals surface area contributed by atoms with Gasteiger partial charge in [0.2, 0.25) is 5.95 Å². The molecule has 2 N–H and O–H groups in total. The molecule has 2 aliphatic rings. The summed E-state index contributed by atoms with van der Waals surface area (Å²) in [4.78, 5) is 25.8. The minimum Gasteiger partial charge on any atom is -0.369 e. The van der Waals surface area contributed by atoms with Gasteiger partial charge in [0.1, 0.15) is 6.67 Å². The number of hydrogen-bond acceptors (Lipinski definition) is 5. The van der Waals surface area contributed by atoms with Crippen molar-refractivity contribution in [1.82, 2.24) is 19.4 Å². The first-order valence-electron chi connectivity index (χ1n) is 11.8. The van der Waals surface area contributed by atoms with Crippen molar-refractivity contribution in [2.24, 2.45) is 10.7 Å². The Balaban J connectivity index is 1.65. The molecule has 1 aromatic carbocycles. The maximum absolute atomic E-state index is 14.5. The van der Waals surface area contributed by atoms with E-state index in [-0.39, 0.29) is 18.4 Å². The molecule has 1 saturated heterocycles. The number of carbonyl (C=O) groups is 1. The second-order valence-corrected chi connectivity index (χ2v) is 9.05. The van der Waals surface area contributed by atoms with E-state index in [0.717, 1.165) is 31.6 Å². The van der Waals surface area contributed by atoms with Crippen LogP contribution in [0.4, 0.5) is 8.78 Å². The minimum absolute atomic E-state index is 0.0901. The number of likely N-dealkylation sites (N-methyl/N-ethyl adjacent to an activating group) is 1. The SMILES string of the molecule is CN1C(=O)C(c2cccc(-c3cccnc3F)c2)(c2cc(CN3CCCC3)n(CCF)c2)N=C1N. The molecule has 182 valence electrons. The zero-order valence-corrected chi connectivity index (χ0v) is 19.6. The molecule has 1 unspecified atom stereocenters. The smallest absolute Gasteiger partial charge is 0.266 e. The van der Waals surface area contributed by atoms with Crippen LogP contribution in [0, 0.1) is 5.95 Å². The molecule has 1 amide bonds. The second kappa shape index (κ2) is 9.22. The summed E-state index contributed by atoms with van der Waals surface area (Å²) in [5.41, 5.74) is 7.67. The second-order valence-electron chi connectivity index (χ2n) is 9.05. The van der Waals surface area contributed by atoms with Crippen molar-refractivity contribution in [2.45, 2.75) is 31.5 Å². The fraction of sp³-hybridized carbons (Fsp3) is 0.346. The van der Waals surface area contributed by atoms with E-state index in [1.165, 1.54) is 11.1 Å². The van der Waals surface area contributed by atoms with Gasteiger partial charge in [-0.05, 0) is 61.3 Å². The fourth-order valence-electron chi connectivity index (χ4n) is 5.05. The summed E-state index contributed by atoms with van der Waals surface area (Å²) in [7, 11) is 1.58. The largest absolute Gasteiger partial charge is 0.369 e. The van der Waals surface area contributed by atoms with Crippen molar-refractivity contribution in [3.63, 3.8) is 0 Å². The van der Waals surface area contributed by atoms with Crippen molar-refractivity contribution in [3.8, 4) is 11.1 Å². The molecule has 0 spiro atoms. The normalized spacial score (nSPS) is 20.6. The number of likely N-dealkylation sites (tertiary alicyclic amines) is 1. The standard InChI is InChI=1S/C26H28F2N6O/c1-32-24(35)26(31-25(32)29,19-7-4-6-18(14-19)22-8-5-10-30-23(22)28)20-15-21(34(16-20)13-9-27)17-33-11-2-3-12-33/h4-8,10,14-16H,2-3,9,11-13,17H2,1H3,(H2,29,31). The monoisotopic (exact) mass is 478 g/mol. The Labute approximate surface area is 202 Å². The number of alkyl halides is 1. The molecule has 1 atom stereocenters. The average Bonchev–Trinajstić information content (AvgIpc) is 3.57. The summed E-state index contributed by atoms with van der Waals surface area (Å²) in [6.45, 7) is 2.31. The van der Waals surface area contributed by atoms with Crippen LogP contribution in [0.5, 0.6) is 0 Å². The fourth-order valence-corrected chi connectivity index (χ4v) is 5.05. The molecule has 1 fully saturated rings. The number of hydrogen-bond donors (Lipinski definition) is 1. The Morgan fingerprint density at radius 3 is 2.60 bits per heavy atom. The third-order valence-corrected chi connectivity index (χ3v) is 6.90. The molecule has 35 heavy (non-hydrogen) atoms. The number of aliphatic imine (C=N–C) groups is 1. The number of aromatic nitrogens is 2. The van der Waals surface area contributed by atoms with Crippen LogP contribution in [0.1, 0.15) is 29.7 Å². The lowest BCUT2D eigenvalue weighted by Crippen LogP contribution is -2.41. The number of pyridine rings is 1. The van der Waals surface area contributed by atoms with Crippen LogP contribution >= 0.6 is 0 Å². The van der Waals surface area contributed by atoms with E-state index in [1.807, 2.05) is 10.6 Å². The predicted molar refractivity (Wildman–Crippen MR) is 130 cm³/mol. The van der Waals surface area contributed by atoms with Gasteiger partial charge in [0.25, 0.3) is 5.91 Å². The third-order valence-electron chi connectivity index (χ3n) is 6.90. The number of nitrogens with two attached hydrogens (primary N) is 1. The number of carbonyl (C=O) groups excluding carboxylic acids is 1. The molecule has 5 rings (SSSR count). The molecule has 2 aromatic heterocycles. The first kappa shape index (κ1) is 23.2. The van der Waals surface area contributed by atoms with Gasteiger partial charge in [0.05, 0.1) is 6.54 Å². The Hall–Kier alpha value is -3.59. The lowest BCUT2D eigenvalue weighted by Gasteiger charge is -2.25. The number of aryl methyl sites for hydroxylation is 1. The zero-order chi connectivity index (χ0) is 24.6. The molecule has 0 radical (unpaired) electrons. The first-order chi connectivity index (χ1) is 16.9. The number of amides is 1. The van der Waals surface area contributed by atoms with Gasteiger partial charge in [-0.3, -0.25) is 14.6 Å². The van der Waals surface area contributed by atoms with Gasteiger partial charge in [0, 0.05) is 42.8 Å². The quantitative estimate of drug-likeness (QED) is 0.529. The maximum atomic E-state index is 14.5. The number of halogens is 2. The van der Waals surface area contributed by atoms with Crippen LogP contribution in [-0.2, 0) is 23.4 Å². The lowest BCUT2D eigenvalue weighted by atomic mass is 9.83. The van der Waals surface area contributed by atoms with E-state index in [2.05, 4.69) is 14.9 Å². The molecule has 0 bridgehead atoms. The van der Waals surface area contributed by atoms with Crippen LogP contribution in [0.2, 0.25) is 0 Å². The molecule has 3 aromatic rings. The minimum atomic E-state index is -1.45. The molecule has 0 saturated carbocycles. The predicted octanol–water partition coefficient (Wildman–Crippen LogP) is 3.28. The molecule has 2 aliphatic heterocycles. The van der Waals surface area contributed by atoms with Crippen molar-refractivity contribution in [1.29, 1.82) is 0 Å². The summed E-state index contributed by atoms with van der Waals surface area (Å²) in [6.07, 6.45) is 5.47. The summed E-state index contributed by atoms with van der Waals surface area (Å²) in [5, 5.41) is 0. The average molecular weight is 479 g/mol. The summed E-state index contributed by atoms with van der Waals surface area (Å²) < 4.78 is 29.8. The van der Waals surface area contributed by atoms with E-state index >= 15 is 0 Å². The van der Waals surface area contributed by atoms with Crippen LogP contribution in [0.3, 0.4) is 0 Å². The van der Waals surface area contributed by atoms with Gasteiger partial charge in [-0.2, -0.15) is 4.39 Å². The Bertz CT molecular complexity index is 1280. The van der Waals surface area contributed by atoms with Crippen molar-refractivity contribution < 1.29 is 13.6 Å².